The van der Waals surface area contributed by atoms with Crippen molar-refractivity contribution in [3.63, 3.8) is 0 Å². The predicted molar refractivity (Wildman–Crippen MR) is 84.4 cm³/mol. The standard InChI is InChI=1S/C18H20O4/c1-12(2)22-16-8-6-13(7-9-16)10-17(18(20)21)14-4-3-5-15(19)11-14/h3-9,11-12,17,19H,10H2,1-2H3,(H,20,21). The van der Waals surface area contributed by atoms with Crippen molar-refractivity contribution in [3.8, 4) is 11.5 Å². The SMILES string of the molecule is CC(C)Oc1ccc(CC(C(=O)O)c2cccc(O)c2)cc1. The van der Waals surface area contributed by atoms with Crippen LogP contribution < -0.4 is 4.74 Å². The van der Waals surface area contributed by atoms with Gasteiger partial charge in [-0.1, -0.05) is 24.3 Å². The number of carboxylic acids is 1. The number of rotatable bonds is 6. The van der Waals surface area contributed by atoms with Gasteiger partial charge in [-0.2, -0.15) is 0 Å². The molecule has 0 bridgehead atoms. The summed E-state index contributed by atoms with van der Waals surface area (Å²) in [5.74, 6) is -0.760. The maximum absolute atomic E-state index is 11.5. The topological polar surface area (TPSA) is 66.8 Å². The fourth-order valence-corrected chi connectivity index (χ4v) is 2.30. The molecule has 0 amide bonds. The lowest BCUT2D eigenvalue weighted by Crippen LogP contribution is -2.14. The van der Waals surface area contributed by atoms with Crippen molar-refractivity contribution in [2.75, 3.05) is 0 Å². The number of benzene rings is 2. The van der Waals surface area contributed by atoms with Crippen LogP contribution in [0.2, 0.25) is 0 Å². The molecule has 4 nitrogen and oxygen atoms in total. The van der Waals surface area contributed by atoms with Crippen molar-refractivity contribution in [1.82, 2.24) is 0 Å². The van der Waals surface area contributed by atoms with E-state index in [1.54, 1.807) is 12.1 Å². The van der Waals surface area contributed by atoms with E-state index in [2.05, 4.69) is 0 Å². The van der Waals surface area contributed by atoms with Crippen molar-refractivity contribution in [3.05, 3.63) is 59.7 Å². The van der Waals surface area contributed by atoms with Gasteiger partial charge in [0.1, 0.15) is 11.5 Å². The van der Waals surface area contributed by atoms with Gasteiger partial charge in [-0.15, -0.1) is 0 Å². The number of carboxylic acid groups (broad SMARTS) is 1. The van der Waals surface area contributed by atoms with Crippen molar-refractivity contribution >= 4 is 5.97 Å². The number of aliphatic carboxylic acids is 1. The van der Waals surface area contributed by atoms with E-state index >= 15 is 0 Å². The Morgan fingerprint density at radius 3 is 2.36 bits per heavy atom. The Labute approximate surface area is 130 Å². The van der Waals surface area contributed by atoms with Crippen molar-refractivity contribution in [2.24, 2.45) is 0 Å². The van der Waals surface area contributed by atoms with Gasteiger partial charge in [-0.25, -0.2) is 0 Å². The van der Waals surface area contributed by atoms with Gasteiger partial charge >= 0.3 is 5.97 Å². The molecule has 1 atom stereocenters. The number of phenolic OH excluding ortho intramolecular Hbond substituents is 1. The molecule has 0 saturated carbocycles. The molecular weight excluding hydrogens is 280 g/mol. The second kappa shape index (κ2) is 6.98. The molecule has 0 heterocycles. The molecule has 1 unspecified atom stereocenters. The van der Waals surface area contributed by atoms with E-state index in [0.717, 1.165) is 11.3 Å². The monoisotopic (exact) mass is 300 g/mol. The minimum absolute atomic E-state index is 0.0735. The first-order valence-electron chi connectivity index (χ1n) is 7.23. The Morgan fingerprint density at radius 2 is 1.82 bits per heavy atom. The molecule has 4 heteroatoms. The van der Waals surface area contributed by atoms with Crippen LogP contribution in [0.3, 0.4) is 0 Å². The molecule has 0 aliphatic rings. The normalized spacial score (nSPS) is 12.1. The first-order valence-corrected chi connectivity index (χ1v) is 7.23. The molecule has 0 aliphatic carbocycles. The van der Waals surface area contributed by atoms with Crippen LogP contribution in [0.1, 0.15) is 30.9 Å². The van der Waals surface area contributed by atoms with E-state index in [1.807, 2.05) is 38.1 Å². The van der Waals surface area contributed by atoms with E-state index in [9.17, 15) is 15.0 Å². The molecule has 0 saturated heterocycles. The number of carbonyl (C=O) groups is 1. The molecule has 2 rings (SSSR count). The molecule has 2 aromatic rings. The Bertz CT molecular complexity index is 632. The van der Waals surface area contributed by atoms with Crippen LogP contribution in [-0.2, 0) is 11.2 Å². The lowest BCUT2D eigenvalue weighted by Gasteiger charge is -2.14. The van der Waals surface area contributed by atoms with E-state index in [4.69, 9.17) is 4.74 Å². The number of aromatic hydroxyl groups is 1. The van der Waals surface area contributed by atoms with Crippen LogP contribution in [0.5, 0.6) is 11.5 Å². The highest BCUT2D eigenvalue weighted by atomic mass is 16.5. The molecule has 0 spiro atoms. The van der Waals surface area contributed by atoms with E-state index < -0.39 is 11.9 Å². The zero-order chi connectivity index (χ0) is 16.1. The number of phenols is 1. The highest BCUT2D eigenvalue weighted by Gasteiger charge is 2.20. The second-order valence-corrected chi connectivity index (χ2v) is 5.50. The first kappa shape index (κ1) is 15.9. The number of hydrogen-bond acceptors (Lipinski definition) is 3. The summed E-state index contributed by atoms with van der Waals surface area (Å²) in [7, 11) is 0. The summed E-state index contributed by atoms with van der Waals surface area (Å²) in [4.78, 5) is 11.5. The van der Waals surface area contributed by atoms with Gasteiger partial charge in [0.05, 0.1) is 12.0 Å². The number of hydrogen-bond donors (Lipinski definition) is 2. The van der Waals surface area contributed by atoms with Crippen LogP contribution in [0, 0.1) is 0 Å². The van der Waals surface area contributed by atoms with Gasteiger partial charge in [-0.3, -0.25) is 4.79 Å². The quantitative estimate of drug-likeness (QED) is 0.855. The Kier molecular flexibility index (Phi) is 5.04. The van der Waals surface area contributed by atoms with Crippen LogP contribution in [0.15, 0.2) is 48.5 Å². The molecule has 116 valence electrons. The van der Waals surface area contributed by atoms with Gasteiger partial charge in [-0.05, 0) is 55.7 Å². The Balaban J connectivity index is 2.16. The number of ether oxygens (including phenoxy) is 1. The van der Waals surface area contributed by atoms with Crippen LogP contribution >= 0.6 is 0 Å². The van der Waals surface area contributed by atoms with Gasteiger partial charge < -0.3 is 14.9 Å². The van der Waals surface area contributed by atoms with Crippen molar-refractivity contribution in [2.45, 2.75) is 32.3 Å². The van der Waals surface area contributed by atoms with Gasteiger partial charge in [0.15, 0.2) is 0 Å². The molecule has 0 aliphatic heterocycles. The van der Waals surface area contributed by atoms with Crippen LogP contribution in [0.4, 0.5) is 0 Å². The zero-order valence-corrected chi connectivity index (χ0v) is 12.7. The highest BCUT2D eigenvalue weighted by Crippen LogP contribution is 2.25. The van der Waals surface area contributed by atoms with E-state index in [0.29, 0.717) is 12.0 Å². The highest BCUT2D eigenvalue weighted by molar-refractivity contribution is 5.76. The summed E-state index contributed by atoms with van der Waals surface area (Å²) in [6, 6.07) is 13.8. The molecular formula is C18H20O4. The molecule has 2 N–H and O–H groups in total. The van der Waals surface area contributed by atoms with Crippen LogP contribution in [0.25, 0.3) is 0 Å². The lowest BCUT2D eigenvalue weighted by atomic mass is 9.92. The zero-order valence-electron chi connectivity index (χ0n) is 12.7. The smallest absolute Gasteiger partial charge is 0.311 e. The van der Waals surface area contributed by atoms with Gasteiger partial charge in [0, 0.05) is 0 Å². The minimum Gasteiger partial charge on any atom is -0.508 e. The average molecular weight is 300 g/mol. The summed E-state index contributed by atoms with van der Waals surface area (Å²) < 4.78 is 5.57. The third-order valence-electron chi connectivity index (χ3n) is 3.31. The van der Waals surface area contributed by atoms with E-state index in [-0.39, 0.29) is 11.9 Å². The van der Waals surface area contributed by atoms with Gasteiger partial charge in [0.2, 0.25) is 0 Å². The Morgan fingerprint density at radius 1 is 1.14 bits per heavy atom. The fourth-order valence-electron chi connectivity index (χ4n) is 2.30. The lowest BCUT2D eigenvalue weighted by molar-refractivity contribution is -0.138. The van der Waals surface area contributed by atoms with Gasteiger partial charge in [0.25, 0.3) is 0 Å². The largest absolute Gasteiger partial charge is 0.508 e. The second-order valence-electron chi connectivity index (χ2n) is 5.50. The summed E-state index contributed by atoms with van der Waals surface area (Å²) in [6.07, 6.45) is 0.464. The van der Waals surface area contributed by atoms with E-state index in [1.165, 1.54) is 12.1 Å². The van der Waals surface area contributed by atoms with Crippen LogP contribution in [-0.4, -0.2) is 22.3 Å². The third kappa shape index (κ3) is 4.25. The third-order valence-corrected chi connectivity index (χ3v) is 3.31. The first-order chi connectivity index (χ1) is 10.5. The summed E-state index contributed by atoms with van der Waals surface area (Å²) in [5.41, 5.74) is 1.50. The summed E-state index contributed by atoms with van der Waals surface area (Å²) >= 11 is 0. The molecule has 2 aromatic carbocycles. The summed E-state index contributed by atoms with van der Waals surface area (Å²) in [5, 5.41) is 19.0. The Hall–Kier alpha value is -2.49. The molecule has 0 aromatic heterocycles. The molecule has 0 radical (unpaired) electrons. The van der Waals surface area contributed by atoms with Crippen molar-refractivity contribution < 1.29 is 19.7 Å². The minimum atomic E-state index is -0.909. The van der Waals surface area contributed by atoms with Crippen molar-refractivity contribution in [1.29, 1.82) is 0 Å². The maximum Gasteiger partial charge on any atom is 0.311 e. The fraction of sp³-hybridized carbons (Fsp3) is 0.278. The predicted octanol–water partition coefficient (Wildman–Crippen LogP) is 3.59. The summed E-state index contributed by atoms with van der Waals surface area (Å²) in [6.45, 7) is 3.91. The molecule has 0 fully saturated rings. The molecule has 22 heavy (non-hydrogen) atoms. The average Bonchev–Trinajstić information content (AvgIpc) is 2.45. The maximum atomic E-state index is 11.5.